The Bertz CT molecular complexity index is 577. The molecule has 0 saturated carbocycles. The number of nitrogens with zero attached hydrogens (tertiary/aromatic N) is 1. The van der Waals surface area contributed by atoms with Gasteiger partial charge in [0.2, 0.25) is 5.78 Å². The molecule has 5 heteroatoms. The Balaban J connectivity index is 2.16. The molecule has 2 aliphatic rings. The van der Waals surface area contributed by atoms with E-state index in [1.807, 2.05) is 0 Å². The van der Waals surface area contributed by atoms with E-state index in [0.29, 0.717) is 5.56 Å². The van der Waals surface area contributed by atoms with Gasteiger partial charge in [0, 0.05) is 6.20 Å². The maximum atomic E-state index is 12.3. The lowest BCUT2D eigenvalue weighted by atomic mass is 9.87. The lowest BCUT2D eigenvalue weighted by Gasteiger charge is -2.32. The molecule has 1 atom stereocenters. The highest BCUT2D eigenvalue weighted by Gasteiger charge is 2.50. The average molecular weight is 228 g/mol. The highest BCUT2D eigenvalue weighted by Crippen LogP contribution is 2.31. The summed E-state index contributed by atoms with van der Waals surface area (Å²) in [7, 11) is 0. The predicted molar refractivity (Wildman–Crippen MR) is 59.3 cm³/mol. The molecule has 0 saturated heterocycles. The number of aromatic nitrogens is 1. The second kappa shape index (κ2) is 3.28. The SMILES string of the molecule is O=C1Nc2ncccc2C(=O)C12C=CC=CO2. The number of Topliss-reactive ketones (excluding diaryl/α,β-unsaturated/α-hetero) is 1. The molecule has 3 heterocycles. The molecular formula is C12H8N2O3. The third kappa shape index (κ3) is 1.22. The van der Waals surface area contributed by atoms with Gasteiger partial charge in [-0.25, -0.2) is 4.98 Å². The van der Waals surface area contributed by atoms with Crippen molar-refractivity contribution in [2.24, 2.45) is 0 Å². The second-order valence-electron chi connectivity index (χ2n) is 3.72. The summed E-state index contributed by atoms with van der Waals surface area (Å²) in [5.74, 6) is -0.640. The monoisotopic (exact) mass is 228 g/mol. The first-order chi connectivity index (χ1) is 8.24. The maximum Gasteiger partial charge on any atom is 0.282 e. The number of ether oxygens (including phenoxy) is 1. The van der Waals surface area contributed by atoms with E-state index in [1.54, 1.807) is 24.3 Å². The third-order valence-corrected chi connectivity index (χ3v) is 2.73. The molecule has 0 bridgehead atoms. The summed E-state index contributed by atoms with van der Waals surface area (Å²) < 4.78 is 5.23. The minimum atomic E-state index is -1.58. The van der Waals surface area contributed by atoms with Gasteiger partial charge in [-0.05, 0) is 24.3 Å². The van der Waals surface area contributed by atoms with E-state index >= 15 is 0 Å². The smallest absolute Gasteiger partial charge is 0.282 e. The van der Waals surface area contributed by atoms with Crippen LogP contribution >= 0.6 is 0 Å². The van der Waals surface area contributed by atoms with Crippen molar-refractivity contribution in [2.75, 3.05) is 5.32 Å². The fourth-order valence-electron chi connectivity index (χ4n) is 1.87. The lowest BCUT2D eigenvalue weighted by molar-refractivity contribution is -0.127. The van der Waals surface area contributed by atoms with Crippen molar-refractivity contribution < 1.29 is 14.3 Å². The number of ketones is 1. The topological polar surface area (TPSA) is 68.3 Å². The summed E-state index contributed by atoms with van der Waals surface area (Å²) in [4.78, 5) is 28.2. The van der Waals surface area contributed by atoms with E-state index in [4.69, 9.17) is 4.74 Å². The Kier molecular flexibility index (Phi) is 1.89. The summed E-state index contributed by atoms with van der Waals surface area (Å²) >= 11 is 0. The van der Waals surface area contributed by atoms with Crippen LogP contribution in [0.15, 0.2) is 42.8 Å². The van der Waals surface area contributed by atoms with Crippen molar-refractivity contribution in [3.8, 4) is 0 Å². The number of hydrogen-bond donors (Lipinski definition) is 1. The molecule has 0 aliphatic carbocycles. The number of hydrogen-bond acceptors (Lipinski definition) is 4. The molecule has 17 heavy (non-hydrogen) atoms. The molecule has 0 aromatic carbocycles. The third-order valence-electron chi connectivity index (χ3n) is 2.73. The van der Waals surface area contributed by atoms with Crippen LogP contribution in [-0.4, -0.2) is 22.3 Å². The van der Waals surface area contributed by atoms with Crippen molar-refractivity contribution in [1.29, 1.82) is 0 Å². The summed E-state index contributed by atoms with van der Waals surface area (Å²) in [6.07, 6.45) is 7.52. The lowest BCUT2D eigenvalue weighted by Crippen LogP contribution is -2.53. The number of carbonyl (C=O) groups is 2. The minimum absolute atomic E-state index is 0.277. The van der Waals surface area contributed by atoms with Gasteiger partial charge >= 0.3 is 0 Å². The minimum Gasteiger partial charge on any atom is -0.472 e. The molecule has 1 amide bonds. The van der Waals surface area contributed by atoms with Gasteiger partial charge in [-0.2, -0.15) is 0 Å². The molecule has 1 N–H and O–H groups in total. The average Bonchev–Trinajstić information content (AvgIpc) is 2.38. The van der Waals surface area contributed by atoms with Crippen molar-refractivity contribution in [2.45, 2.75) is 5.60 Å². The molecular weight excluding hydrogens is 220 g/mol. The fourth-order valence-corrected chi connectivity index (χ4v) is 1.87. The van der Waals surface area contributed by atoms with E-state index in [1.165, 1.54) is 18.5 Å². The quantitative estimate of drug-likeness (QED) is 0.674. The largest absolute Gasteiger partial charge is 0.472 e. The van der Waals surface area contributed by atoms with Crippen LogP contribution in [0.4, 0.5) is 5.82 Å². The Hall–Kier alpha value is -2.43. The molecule has 84 valence electrons. The van der Waals surface area contributed by atoms with Gasteiger partial charge < -0.3 is 10.1 Å². The first kappa shape index (κ1) is 9.77. The molecule has 3 rings (SSSR count). The van der Waals surface area contributed by atoms with Crippen LogP contribution in [0.2, 0.25) is 0 Å². The van der Waals surface area contributed by atoms with Gasteiger partial charge in [0.05, 0.1) is 11.8 Å². The molecule has 1 spiro atoms. The predicted octanol–water partition coefficient (Wildman–Crippen LogP) is 1.06. The first-order valence-corrected chi connectivity index (χ1v) is 5.07. The molecule has 0 radical (unpaired) electrons. The van der Waals surface area contributed by atoms with Crippen LogP contribution in [0.1, 0.15) is 10.4 Å². The number of rotatable bonds is 0. The fraction of sp³-hybridized carbons (Fsp3) is 0.0833. The number of anilines is 1. The van der Waals surface area contributed by atoms with Crippen LogP contribution in [0, 0.1) is 0 Å². The number of carbonyl (C=O) groups excluding carboxylic acids is 2. The van der Waals surface area contributed by atoms with Crippen molar-refractivity contribution in [1.82, 2.24) is 4.98 Å². The highest BCUT2D eigenvalue weighted by atomic mass is 16.5. The number of pyridine rings is 1. The van der Waals surface area contributed by atoms with Gasteiger partial charge in [-0.15, -0.1) is 0 Å². The summed E-state index contributed by atoms with van der Waals surface area (Å²) in [6, 6.07) is 3.26. The van der Waals surface area contributed by atoms with Crippen LogP contribution in [0.25, 0.3) is 0 Å². The van der Waals surface area contributed by atoms with E-state index in [9.17, 15) is 9.59 Å². The number of nitrogens with one attached hydrogen (secondary N) is 1. The summed E-state index contributed by atoms with van der Waals surface area (Å²) in [5.41, 5.74) is -1.22. The van der Waals surface area contributed by atoms with Crippen molar-refractivity contribution in [3.05, 3.63) is 48.4 Å². The van der Waals surface area contributed by atoms with E-state index in [-0.39, 0.29) is 5.82 Å². The Labute approximate surface area is 96.8 Å². The van der Waals surface area contributed by atoms with Crippen LogP contribution < -0.4 is 5.32 Å². The highest BCUT2D eigenvalue weighted by molar-refractivity contribution is 6.27. The molecule has 1 aromatic heterocycles. The van der Waals surface area contributed by atoms with Gasteiger partial charge in [-0.1, -0.05) is 6.08 Å². The molecule has 5 nitrogen and oxygen atoms in total. The molecule has 2 aliphatic heterocycles. The maximum absolute atomic E-state index is 12.3. The Morgan fingerprint density at radius 1 is 1.29 bits per heavy atom. The van der Waals surface area contributed by atoms with Gasteiger partial charge in [0.15, 0.2) is 0 Å². The van der Waals surface area contributed by atoms with Gasteiger partial charge in [-0.3, -0.25) is 9.59 Å². The van der Waals surface area contributed by atoms with E-state index in [2.05, 4.69) is 10.3 Å². The van der Waals surface area contributed by atoms with Crippen LogP contribution in [-0.2, 0) is 9.53 Å². The second-order valence-corrected chi connectivity index (χ2v) is 3.72. The summed E-state index contributed by atoms with van der Waals surface area (Å²) in [5, 5.41) is 2.57. The van der Waals surface area contributed by atoms with Crippen molar-refractivity contribution in [3.63, 3.8) is 0 Å². The van der Waals surface area contributed by atoms with Crippen LogP contribution in [0.3, 0.4) is 0 Å². The number of amides is 1. The zero-order valence-corrected chi connectivity index (χ0v) is 8.71. The van der Waals surface area contributed by atoms with Crippen molar-refractivity contribution >= 4 is 17.5 Å². The molecule has 1 unspecified atom stereocenters. The van der Waals surface area contributed by atoms with Crippen LogP contribution in [0.5, 0.6) is 0 Å². The summed E-state index contributed by atoms with van der Waals surface area (Å²) in [6.45, 7) is 0. The first-order valence-electron chi connectivity index (χ1n) is 5.07. The number of fused-ring (bicyclic) bond motifs is 1. The molecule has 1 aromatic rings. The Morgan fingerprint density at radius 2 is 2.18 bits per heavy atom. The van der Waals surface area contributed by atoms with E-state index < -0.39 is 17.3 Å². The standard InChI is InChI=1S/C12H8N2O3/c15-9-8-4-3-6-13-10(8)14-11(16)12(9)5-1-2-7-17-12/h1-7H,(H,13,14,16). The normalized spacial score (nSPS) is 25.4. The van der Waals surface area contributed by atoms with E-state index in [0.717, 1.165) is 0 Å². The van der Waals surface area contributed by atoms with Gasteiger partial charge in [0.25, 0.3) is 11.5 Å². The number of allylic oxidation sites excluding steroid dienone is 2. The van der Waals surface area contributed by atoms with Gasteiger partial charge in [0.1, 0.15) is 5.82 Å². The Morgan fingerprint density at radius 3 is 2.94 bits per heavy atom. The molecule has 0 fully saturated rings. The zero-order chi connectivity index (χ0) is 11.9. The zero-order valence-electron chi connectivity index (χ0n) is 8.71.